The second-order valence-electron chi connectivity index (χ2n) is 7.78. The minimum atomic E-state index is -0.633. The molecule has 1 aliphatic heterocycles. The molecule has 3 rings (SSSR count). The number of piperazine rings is 1. The Labute approximate surface area is 183 Å². The van der Waals surface area contributed by atoms with E-state index in [0.717, 1.165) is 37.3 Å². The smallest absolute Gasteiger partial charge is 0.309 e. The minimum absolute atomic E-state index is 0.0346. The summed E-state index contributed by atoms with van der Waals surface area (Å²) >= 11 is 5.87. The van der Waals surface area contributed by atoms with Crippen molar-refractivity contribution in [2.45, 2.75) is 19.5 Å². The van der Waals surface area contributed by atoms with Crippen molar-refractivity contribution in [1.82, 2.24) is 20.4 Å². The number of rotatable bonds is 6. The van der Waals surface area contributed by atoms with Gasteiger partial charge in [0.1, 0.15) is 0 Å². The molecule has 1 atom stereocenters. The number of nitrogens with one attached hydrogen (secondary N) is 2. The molecule has 30 heavy (non-hydrogen) atoms. The van der Waals surface area contributed by atoms with E-state index in [9.17, 15) is 9.59 Å². The average Bonchev–Trinajstić information content (AvgIpc) is 2.75. The molecule has 1 fully saturated rings. The lowest BCUT2D eigenvalue weighted by Gasteiger charge is -2.38. The van der Waals surface area contributed by atoms with Crippen LogP contribution >= 0.6 is 11.6 Å². The van der Waals surface area contributed by atoms with Gasteiger partial charge in [-0.25, -0.2) is 0 Å². The largest absolute Gasteiger partial charge is 0.346 e. The van der Waals surface area contributed by atoms with Crippen molar-refractivity contribution in [2.75, 3.05) is 39.8 Å². The lowest BCUT2D eigenvalue weighted by atomic mass is 10.0. The van der Waals surface area contributed by atoms with E-state index in [1.54, 1.807) is 12.1 Å². The highest BCUT2D eigenvalue weighted by Gasteiger charge is 2.25. The number of carbonyl (C=O) groups excluding carboxylic acids is 2. The Morgan fingerprint density at radius 1 is 0.933 bits per heavy atom. The Hall–Kier alpha value is -2.41. The highest BCUT2D eigenvalue weighted by molar-refractivity contribution is 6.35. The number of benzene rings is 2. The van der Waals surface area contributed by atoms with Crippen LogP contribution in [0, 0.1) is 6.92 Å². The van der Waals surface area contributed by atoms with Crippen LogP contribution in [0.2, 0.25) is 5.02 Å². The quantitative estimate of drug-likeness (QED) is 0.693. The topological polar surface area (TPSA) is 64.7 Å². The van der Waals surface area contributed by atoms with Gasteiger partial charge in [-0.05, 0) is 37.2 Å². The second-order valence-corrected chi connectivity index (χ2v) is 8.22. The van der Waals surface area contributed by atoms with Crippen molar-refractivity contribution in [3.63, 3.8) is 0 Å². The Bertz CT molecular complexity index is 847. The molecule has 0 saturated carbocycles. The Kier molecular flexibility index (Phi) is 7.85. The SMILES string of the molecule is Cc1ccc(C(CNC(=O)C(=O)NCc2ccc(Cl)cc2)N2CCN(C)CC2)cc1. The van der Waals surface area contributed by atoms with Gasteiger partial charge in [-0.3, -0.25) is 14.5 Å². The van der Waals surface area contributed by atoms with E-state index in [0.29, 0.717) is 11.6 Å². The van der Waals surface area contributed by atoms with E-state index in [1.165, 1.54) is 5.56 Å². The molecule has 1 unspecified atom stereocenters. The number of halogens is 1. The maximum absolute atomic E-state index is 12.4. The number of carbonyl (C=O) groups is 2. The van der Waals surface area contributed by atoms with Crippen LogP contribution in [0.1, 0.15) is 22.7 Å². The molecule has 0 bridgehead atoms. The van der Waals surface area contributed by atoms with Crippen LogP contribution in [-0.2, 0) is 16.1 Å². The summed E-state index contributed by atoms with van der Waals surface area (Å²) in [6, 6.07) is 15.6. The van der Waals surface area contributed by atoms with Crippen molar-refractivity contribution >= 4 is 23.4 Å². The highest BCUT2D eigenvalue weighted by Crippen LogP contribution is 2.22. The van der Waals surface area contributed by atoms with Crippen LogP contribution in [0.15, 0.2) is 48.5 Å². The first-order valence-electron chi connectivity index (χ1n) is 10.2. The molecule has 7 heteroatoms. The van der Waals surface area contributed by atoms with Crippen molar-refractivity contribution in [3.05, 3.63) is 70.2 Å². The molecule has 1 heterocycles. The summed E-state index contributed by atoms with van der Waals surface area (Å²) in [7, 11) is 2.12. The van der Waals surface area contributed by atoms with E-state index >= 15 is 0 Å². The monoisotopic (exact) mass is 428 g/mol. The standard InChI is InChI=1S/C23H29ClN4O2/c1-17-3-7-19(8-4-17)21(28-13-11-27(2)12-14-28)16-26-23(30)22(29)25-15-18-5-9-20(24)10-6-18/h3-10,21H,11-16H2,1-2H3,(H,25,29)(H,26,30). The molecule has 160 valence electrons. The molecule has 2 aromatic carbocycles. The van der Waals surface area contributed by atoms with Gasteiger partial charge in [0.25, 0.3) is 0 Å². The number of amides is 2. The summed E-state index contributed by atoms with van der Waals surface area (Å²) in [6.07, 6.45) is 0. The summed E-state index contributed by atoms with van der Waals surface area (Å²) in [5.41, 5.74) is 3.23. The lowest BCUT2D eigenvalue weighted by Crippen LogP contribution is -2.49. The van der Waals surface area contributed by atoms with E-state index in [1.807, 2.05) is 12.1 Å². The van der Waals surface area contributed by atoms with Gasteiger partial charge in [0, 0.05) is 44.3 Å². The molecular formula is C23H29ClN4O2. The van der Waals surface area contributed by atoms with Crippen LogP contribution in [0.5, 0.6) is 0 Å². The molecule has 0 spiro atoms. The van der Waals surface area contributed by atoms with E-state index < -0.39 is 11.8 Å². The predicted molar refractivity (Wildman–Crippen MR) is 119 cm³/mol. The van der Waals surface area contributed by atoms with E-state index in [2.05, 4.69) is 58.7 Å². The van der Waals surface area contributed by atoms with Crippen molar-refractivity contribution < 1.29 is 9.59 Å². The summed E-state index contributed by atoms with van der Waals surface area (Å²) in [5, 5.41) is 6.12. The van der Waals surface area contributed by atoms with Gasteiger partial charge in [0.15, 0.2) is 0 Å². The molecule has 1 aliphatic rings. The van der Waals surface area contributed by atoms with E-state index in [-0.39, 0.29) is 12.6 Å². The fourth-order valence-electron chi connectivity index (χ4n) is 3.51. The minimum Gasteiger partial charge on any atom is -0.346 e. The fraction of sp³-hybridized carbons (Fsp3) is 0.391. The maximum Gasteiger partial charge on any atom is 0.309 e. The third-order valence-corrected chi connectivity index (χ3v) is 5.72. The van der Waals surface area contributed by atoms with E-state index in [4.69, 9.17) is 11.6 Å². The fourth-order valence-corrected chi connectivity index (χ4v) is 3.64. The third kappa shape index (κ3) is 6.29. The normalized spacial score (nSPS) is 16.1. The van der Waals surface area contributed by atoms with Crippen molar-refractivity contribution in [1.29, 1.82) is 0 Å². The number of likely N-dealkylation sites (N-methyl/N-ethyl adjacent to an activating group) is 1. The van der Waals surface area contributed by atoms with Crippen LogP contribution in [0.3, 0.4) is 0 Å². The number of hydrogen-bond donors (Lipinski definition) is 2. The summed E-state index contributed by atoms with van der Waals surface area (Å²) in [5.74, 6) is -1.25. The molecule has 0 aliphatic carbocycles. The van der Waals surface area contributed by atoms with Gasteiger partial charge in [-0.1, -0.05) is 53.6 Å². The van der Waals surface area contributed by atoms with Crippen molar-refractivity contribution in [3.8, 4) is 0 Å². The van der Waals surface area contributed by atoms with Crippen LogP contribution in [0.4, 0.5) is 0 Å². The molecule has 2 aromatic rings. The zero-order valence-corrected chi connectivity index (χ0v) is 18.3. The molecule has 1 saturated heterocycles. The van der Waals surface area contributed by atoms with Gasteiger partial charge >= 0.3 is 11.8 Å². The molecule has 0 radical (unpaired) electrons. The molecular weight excluding hydrogens is 400 g/mol. The summed E-state index contributed by atoms with van der Waals surface area (Å²) in [6.45, 7) is 6.54. The van der Waals surface area contributed by atoms with Crippen LogP contribution in [0.25, 0.3) is 0 Å². The van der Waals surface area contributed by atoms with Gasteiger partial charge in [0.2, 0.25) is 0 Å². The number of hydrogen-bond acceptors (Lipinski definition) is 4. The highest BCUT2D eigenvalue weighted by atomic mass is 35.5. The van der Waals surface area contributed by atoms with Gasteiger partial charge < -0.3 is 15.5 Å². The summed E-state index contributed by atoms with van der Waals surface area (Å²) in [4.78, 5) is 29.3. The lowest BCUT2D eigenvalue weighted by molar-refractivity contribution is -0.139. The van der Waals surface area contributed by atoms with Gasteiger partial charge in [0.05, 0.1) is 6.04 Å². The molecule has 2 N–H and O–H groups in total. The van der Waals surface area contributed by atoms with Crippen LogP contribution < -0.4 is 10.6 Å². The average molecular weight is 429 g/mol. The Balaban J connectivity index is 1.58. The second kappa shape index (κ2) is 10.6. The third-order valence-electron chi connectivity index (χ3n) is 5.47. The first-order valence-corrected chi connectivity index (χ1v) is 10.6. The maximum atomic E-state index is 12.4. The molecule has 0 aromatic heterocycles. The number of nitrogens with zero attached hydrogens (tertiary/aromatic N) is 2. The zero-order chi connectivity index (χ0) is 21.5. The van der Waals surface area contributed by atoms with Crippen molar-refractivity contribution in [2.24, 2.45) is 0 Å². The Morgan fingerprint density at radius 2 is 1.53 bits per heavy atom. The van der Waals surface area contributed by atoms with Gasteiger partial charge in [-0.2, -0.15) is 0 Å². The predicted octanol–water partition coefficient (Wildman–Crippen LogP) is 2.37. The first-order chi connectivity index (χ1) is 14.4. The first kappa shape index (κ1) is 22.3. The number of aryl methyl sites for hydroxylation is 1. The van der Waals surface area contributed by atoms with Crippen LogP contribution in [-0.4, -0.2) is 61.4 Å². The Morgan fingerprint density at radius 3 is 2.17 bits per heavy atom. The molecule has 2 amide bonds. The summed E-state index contributed by atoms with van der Waals surface area (Å²) < 4.78 is 0. The zero-order valence-electron chi connectivity index (χ0n) is 17.5. The van der Waals surface area contributed by atoms with Gasteiger partial charge in [-0.15, -0.1) is 0 Å². The molecule has 6 nitrogen and oxygen atoms in total.